The van der Waals surface area contributed by atoms with Crippen LogP contribution in [0.15, 0.2) is 0 Å². The van der Waals surface area contributed by atoms with E-state index >= 15 is 0 Å². The van der Waals surface area contributed by atoms with Crippen molar-refractivity contribution in [2.45, 2.75) is 13.8 Å². The largest absolute Gasteiger partial charge is 0.358 e. The van der Waals surface area contributed by atoms with E-state index in [1.165, 1.54) is 0 Å². The van der Waals surface area contributed by atoms with Crippen LogP contribution in [-0.2, 0) is 16.8 Å². The monoisotopic (exact) mass is 90.0 g/mol. The molecule has 0 saturated heterocycles. The molecule has 5 heavy (non-hydrogen) atoms. The molecule has 0 saturated carbocycles. The molecule has 0 spiro atoms. The average molecular weight is 90.1 g/mol. The number of hydrogen-bond donors (Lipinski definition) is 0. The standard InChI is InChI=1S/C3H6OS/c1-3(2)4-5/h1-2H3. The van der Waals surface area contributed by atoms with Crippen LogP contribution < -0.4 is 0 Å². The Morgan fingerprint density at radius 1 is 1.60 bits per heavy atom. The number of rotatable bonds is 0. The predicted octanol–water partition coefficient (Wildman–Crippen LogP) is 0.593. The third-order valence-electron chi connectivity index (χ3n) is 0.167. The molecule has 0 unspecified atom stereocenters. The molecule has 0 heterocycles. The fourth-order valence-corrected chi connectivity index (χ4v) is 0. The van der Waals surface area contributed by atoms with Crippen LogP contribution in [0.25, 0.3) is 0 Å². The van der Waals surface area contributed by atoms with Gasteiger partial charge in [0.2, 0.25) is 0 Å². The summed E-state index contributed by atoms with van der Waals surface area (Å²) in [6.45, 7) is 3.62. The summed E-state index contributed by atoms with van der Waals surface area (Å²) in [5.41, 5.74) is 0. The molecule has 0 amide bonds. The first-order valence-corrected chi connectivity index (χ1v) is 1.70. The zero-order valence-corrected chi connectivity index (χ0v) is 4.13. The van der Waals surface area contributed by atoms with E-state index in [0.717, 1.165) is 5.78 Å². The van der Waals surface area contributed by atoms with Gasteiger partial charge in [-0.25, -0.2) is 12.9 Å². The molecule has 0 aromatic carbocycles. The maximum Gasteiger partial charge on any atom is 0.270 e. The Bertz CT molecular complexity index is 44.9. The molecule has 30 valence electrons. The van der Waals surface area contributed by atoms with Gasteiger partial charge in [0.1, 0.15) is 0 Å². The Morgan fingerprint density at radius 3 is 1.80 bits per heavy atom. The summed E-state index contributed by atoms with van der Waals surface area (Å²) >= 11 is 4.14. The van der Waals surface area contributed by atoms with Crippen molar-refractivity contribution < 1.29 is 3.87 Å². The Labute approximate surface area is 37.3 Å². The lowest BCUT2D eigenvalue weighted by Crippen LogP contribution is -1.78. The van der Waals surface area contributed by atoms with E-state index in [1.54, 1.807) is 0 Å². The van der Waals surface area contributed by atoms with Gasteiger partial charge in [0, 0.05) is 13.8 Å². The summed E-state index contributed by atoms with van der Waals surface area (Å²) in [6.07, 6.45) is 0. The maximum absolute atomic E-state index is 4.25. The first-order chi connectivity index (χ1) is 2.27. The van der Waals surface area contributed by atoms with E-state index < -0.39 is 0 Å². The summed E-state index contributed by atoms with van der Waals surface area (Å²) < 4.78 is 4.25. The van der Waals surface area contributed by atoms with Gasteiger partial charge in [0.05, 0.1) is 0 Å². The van der Waals surface area contributed by atoms with Crippen molar-refractivity contribution in [2.24, 2.45) is 0 Å². The van der Waals surface area contributed by atoms with Gasteiger partial charge in [0.25, 0.3) is 5.78 Å². The molecule has 0 atom stereocenters. The fraction of sp³-hybridized carbons (Fsp3) is 0.667. The summed E-state index contributed by atoms with van der Waals surface area (Å²) in [6, 6.07) is 0. The van der Waals surface area contributed by atoms with Crippen LogP contribution in [0.1, 0.15) is 13.8 Å². The molecule has 0 aliphatic carbocycles. The van der Waals surface area contributed by atoms with E-state index in [2.05, 4.69) is 16.8 Å². The van der Waals surface area contributed by atoms with Gasteiger partial charge in [-0.05, 0) is 0 Å². The molecular formula is C3H6OS. The number of carbonyl (C=O) groups excluding carboxylic acids is 1. The van der Waals surface area contributed by atoms with E-state index in [-0.39, 0.29) is 0 Å². The van der Waals surface area contributed by atoms with Crippen LogP contribution in [0, 0.1) is 0 Å². The Hall–Kier alpha value is -0.110. The molecule has 0 N–H and O–H groups in total. The minimum Gasteiger partial charge on any atom is -0.358 e. The molecule has 0 aromatic rings. The molecule has 0 aliphatic heterocycles. The van der Waals surface area contributed by atoms with Gasteiger partial charge in [-0.1, -0.05) is 0 Å². The van der Waals surface area contributed by atoms with Crippen molar-refractivity contribution in [1.82, 2.24) is 0 Å². The first kappa shape index (κ1) is 4.89. The molecular weight excluding hydrogens is 84.1 g/mol. The molecule has 1 nitrogen and oxygen atoms in total. The topological polar surface area (TPSA) is 11.3 Å². The van der Waals surface area contributed by atoms with Gasteiger partial charge in [-0.2, -0.15) is 0 Å². The van der Waals surface area contributed by atoms with Crippen LogP contribution in [0.3, 0.4) is 0 Å². The second kappa shape index (κ2) is 2.15. The van der Waals surface area contributed by atoms with E-state index in [0.29, 0.717) is 0 Å². The zero-order valence-electron chi connectivity index (χ0n) is 3.32. The van der Waals surface area contributed by atoms with E-state index in [1.807, 2.05) is 13.8 Å². The predicted molar refractivity (Wildman–Crippen MR) is 23.7 cm³/mol. The van der Waals surface area contributed by atoms with Crippen LogP contribution in [0.2, 0.25) is 0 Å². The Balaban J connectivity index is 3.14. The molecule has 0 aromatic heterocycles. The highest BCUT2D eigenvalue weighted by molar-refractivity contribution is 7.50. The molecule has 0 bridgehead atoms. The van der Waals surface area contributed by atoms with Crippen molar-refractivity contribution >= 4 is 18.7 Å². The smallest absolute Gasteiger partial charge is 0.270 e. The highest BCUT2D eigenvalue weighted by atomic mass is 32.1. The summed E-state index contributed by atoms with van der Waals surface area (Å²) in [4.78, 5) is 0. The molecule has 2 heteroatoms. The van der Waals surface area contributed by atoms with Gasteiger partial charge in [0.15, 0.2) is 0 Å². The second-order valence-electron chi connectivity index (χ2n) is 0.992. The van der Waals surface area contributed by atoms with Crippen LogP contribution in [0.4, 0.5) is 0 Å². The summed E-state index contributed by atoms with van der Waals surface area (Å²) in [7, 11) is 0. The van der Waals surface area contributed by atoms with Crippen molar-refractivity contribution in [1.29, 1.82) is 0 Å². The van der Waals surface area contributed by atoms with Crippen molar-refractivity contribution in [2.75, 3.05) is 0 Å². The third kappa shape index (κ3) is 3.89. The molecule has 0 aliphatic rings. The summed E-state index contributed by atoms with van der Waals surface area (Å²) in [5, 5.41) is 0. The highest BCUT2D eigenvalue weighted by Crippen LogP contribution is 1.58. The van der Waals surface area contributed by atoms with Crippen molar-refractivity contribution in [3.63, 3.8) is 0 Å². The first-order valence-electron chi connectivity index (χ1n) is 1.37. The minimum atomic E-state index is 0.819. The minimum absolute atomic E-state index is 0.819. The van der Waals surface area contributed by atoms with Crippen LogP contribution in [-0.4, -0.2) is 5.78 Å². The van der Waals surface area contributed by atoms with Gasteiger partial charge < -0.3 is 3.87 Å². The maximum atomic E-state index is 4.25. The van der Waals surface area contributed by atoms with Crippen LogP contribution in [0.5, 0.6) is 0 Å². The lowest BCUT2D eigenvalue weighted by Gasteiger charge is -1.68. The number of ketones is 1. The SMILES string of the molecule is CC(C)=[O+][S-]. The van der Waals surface area contributed by atoms with Crippen molar-refractivity contribution in [3.05, 3.63) is 0 Å². The van der Waals surface area contributed by atoms with Crippen molar-refractivity contribution in [3.8, 4) is 0 Å². The molecule has 0 fully saturated rings. The van der Waals surface area contributed by atoms with Gasteiger partial charge in [-0.3, -0.25) is 0 Å². The number of hydrogen-bond acceptors (Lipinski definition) is 1. The average Bonchev–Trinajstić information content (AvgIpc) is 1.38. The summed E-state index contributed by atoms with van der Waals surface area (Å²) in [5.74, 6) is 0.819. The van der Waals surface area contributed by atoms with Crippen LogP contribution >= 0.6 is 0 Å². The normalized spacial score (nSPS) is 6.80. The third-order valence-corrected chi connectivity index (χ3v) is 0.500. The zero-order chi connectivity index (χ0) is 4.28. The quantitative estimate of drug-likeness (QED) is 0.313. The Morgan fingerprint density at radius 2 is 1.80 bits per heavy atom. The molecule has 0 rings (SSSR count). The van der Waals surface area contributed by atoms with E-state index in [9.17, 15) is 0 Å². The molecule has 0 radical (unpaired) electrons. The Kier molecular flexibility index (Phi) is 2.10. The van der Waals surface area contributed by atoms with E-state index in [4.69, 9.17) is 0 Å². The van der Waals surface area contributed by atoms with Gasteiger partial charge >= 0.3 is 0 Å². The lowest BCUT2D eigenvalue weighted by atomic mass is 10.6. The highest BCUT2D eigenvalue weighted by Gasteiger charge is 1.75. The lowest BCUT2D eigenvalue weighted by molar-refractivity contribution is -0.242. The fourth-order valence-electron chi connectivity index (χ4n) is 0. The second-order valence-corrected chi connectivity index (χ2v) is 1.16. The van der Waals surface area contributed by atoms with Gasteiger partial charge in [-0.15, -0.1) is 0 Å².